The van der Waals surface area contributed by atoms with E-state index in [4.69, 9.17) is 25.5 Å². The lowest BCUT2D eigenvalue weighted by molar-refractivity contribution is -0.139. The van der Waals surface area contributed by atoms with Crippen LogP contribution < -0.4 is 19.6 Å². The summed E-state index contributed by atoms with van der Waals surface area (Å²) in [5, 5.41) is 11.3. The Morgan fingerprint density at radius 2 is 1.93 bits per heavy atom. The first-order valence-corrected chi connectivity index (χ1v) is 14.8. The van der Waals surface area contributed by atoms with Crippen molar-refractivity contribution in [2.45, 2.75) is 19.9 Å². The van der Waals surface area contributed by atoms with Gasteiger partial charge in [-0.3, -0.25) is 9.36 Å². The first-order valence-electron chi connectivity index (χ1n) is 13.6. The summed E-state index contributed by atoms with van der Waals surface area (Å²) in [6.45, 7) is 3.60. The molecule has 0 radical (unpaired) electrons. The molecule has 2 aromatic heterocycles. The SMILES string of the molecule is CCOC(=O)C1=C(C)N=c2s/c(=C/c3ccc(-c4ccc(Cl)c(C(=O)O)c4)o3)c(=O)n2[C@H]1c1c(OC)ccc2ccccc12. The third-order valence-electron chi connectivity index (χ3n) is 7.32. The van der Waals surface area contributed by atoms with Crippen LogP contribution in [0.4, 0.5) is 0 Å². The van der Waals surface area contributed by atoms with Crippen LogP contribution in [0.3, 0.4) is 0 Å². The Bertz CT molecular complexity index is 2190. The Balaban J connectivity index is 1.54. The van der Waals surface area contributed by atoms with Crippen molar-refractivity contribution in [2.24, 2.45) is 4.99 Å². The van der Waals surface area contributed by atoms with Crippen LogP contribution in [0.15, 0.2) is 92.2 Å². The predicted molar refractivity (Wildman–Crippen MR) is 167 cm³/mol. The molecule has 0 saturated carbocycles. The van der Waals surface area contributed by atoms with Gasteiger partial charge in [0.15, 0.2) is 4.80 Å². The van der Waals surface area contributed by atoms with Gasteiger partial charge in [-0.2, -0.15) is 0 Å². The molecule has 0 fully saturated rings. The quantitative estimate of drug-likeness (QED) is 0.234. The highest BCUT2D eigenvalue weighted by Gasteiger charge is 2.36. The standard InChI is InChI=1S/C33H25ClN2O7S/c1-4-42-32(40)27-17(2)35-33-36(29(27)28-21-8-6-5-7-18(21)10-13-25(28)41-3)30(37)26(44-33)16-20-11-14-24(43-20)19-9-12-23(34)22(15-19)31(38)39/h5-16,29H,4H2,1-3H3,(H,38,39)/b26-16+/t29-/m1/s1. The van der Waals surface area contributed by atoms with Crippen molar-refractivity contribution in [2.75, 3.05) is 13.7 Å². The summed E-state index contributed by atoms with van der Waals surface area (Å²) in [5.41, 5.74) is 1.43. The Labute approximate surface area is 259 Å². The third kappa shape index (κ3) is 5.01. The summed E-state index contributed by atoms with van der Waals surface area (Å²) in [5.74, 6) is -0.430. The number of thiazole rings is 1. The Morgan fingerprint density at radius 3 is 2.68 bits per heavy atom. The minimum Gasteiger partial charge on any atom is -0.496 e. The number of hydrogen-bond donors (Lipinski definition) is 1. The lowest BCUT2D eigenvalue weighted by Crippen LogP contribution is -2.40. The van der Waals surface area contributed by atoms with E-state index in [1.807, 2.05) is 36.4 Å². The number of methoxy groups -OCH3 is 1. The fraction of sp³-hybridized carbons (Fsp3) is 0.152. The summed E-state index contributed by atoms with van der Waals surface area (Å²) in [6.07, 6.45) is 1.60. The molecule has 1 atom stereocenters. The van der Waals surface area contributed by atoms with Gasteiger partial charge in [0.2, 0.25) is 0 Å². The van der Waals surface area contributed by atoms with Crippen molar-refractivity contribution in [3.8, 4) is 17.1 Å². The molecule has 0 spiro atoms. The van der Waals surface area contributed by atoms with Gasteiger partial charge in [0, 0.05) is 17.2 Å². The molecule has 3 aromatic carbocycles. The summed E-state index contributed by atoms with van der Waals surface area (Å²) >= 11 is 7.18. The van der Waals surface area contributed by atoms with Crippen molar-refractivity contribution in [3.05, 3.63) is 120 Å². The summed E-state index contributed by atoms with van der Waals surface area (Å²) < 4.78 is 19.0. The maximum atomic E-state index is 14.1. The number of furan rings is 1. The lowest BCUT2D eigenvalue weighted by atomic mass is 9.90. The number of carbonyl (C=O) groups is 2. The molecule has 1 aliphatic rings. The fourth-order valence-corrected chi connectivity index (χ4v) is 6.58. The molecular formula is C33H25ClN2O7S. The van der Waals surface area contributed by atoms with Gasteiger partial charge in [-0.15, -0.1) is 0 Å². The van der Waals surface area contributed by atoms with E-state index in [0.717, 1.165) is 22.1 Å². The minimum absolute atomic E-state index is 0.0490. The van der Waals surface area contributed by atoms with Crippen molar-refractivity contribution >= 4 is 51.7 Å². The number of nitrogens with zero attached hydrogens (tertiary/aromatic N) is 2. The molecule has 0 aliphatic carbocycles. The minimum atomic E-state index is -1.15. The van der Waals surface area contributed by atoms with E-state index in [9.17, 15) is 19.5 Å². The van der Waals surface area contributed by atoms with Gasteiger partial charge < -0.3 is 19.0 Å². The van der Waals surface area contributed by atoms with Gasteiger partial charge in [-0.05, 0) is 61.0 Å². The predicted octanol–water partition coefficient (Wildman–Crippen LogP) is 5.57. The molecule has 222 valence electrons. The van der Waals surface area contributed by atoms with Crippen LogP contribution in [0.5, 0.6) is 5.75 Å². The van der Waals surface area contributed by atoms with Crippen LogP contribution in [0, 0.1) is 0 Å². The molecular weight excluding hydrogens is 604 g/mol. The number of hydrogen-bond acceptors (Lipinski definition) is 8. The zero-order valence-electron chi connectivity index (χ0n) is 23.8. The highest BCUT2D eigenvalue weighted by atomic mass is 35.5. The third-order valence-corrected chi connectivity index (χ3v) is 8.64. The van der Waals surface area contributed by atoms with Crippen LogP contribution in [-0.4, -0.2) is 35.3 Å². The molecule has 1 N–H and O–H groups in total. The first-order chi connectivity index (χ1) is 21.2. The van der Waals surface area contributed by atoms with E-state index in [-0.39, 0.29) is 28.3 Å². The second-order valence-corrected chi connectivity index (χ2v) is 11.3. The van der Waals surface area contributed by atoms with Gasteiger partial charge in [0.25, 0.3) is 5.56 Å². The molecule has 3 heterocycles. The maximum Gasteiger partial charge on any atom is 0.338 e. The molecule has 0 saturated heterocycles. The number of ether oxygens (including phenoxy) is 2. The van der Waals surface area contributed by atoms with Crippen molar-refractivity contribution in [1.82, 2.24) is 4.57 Å². The monoisotopic (exact) mass is 628 g/mol. The van der Waals surface area contributed by atoms with E-state index in [0.29, 0.717) is 43.4 Å². The lowest BCUT2D eigenvalue weighted by Gasteiger charge is -2.27. The number of rotatable bonds is 7. The van der Waals surface area contributed by atoms with E-state index >= 15 is 0 Å². The van der Waals surface area contributed by atoms with Crippen molar-refractivity contribution < 1.29 is 28.6 Å². The van der Waals surface area contributed by atoms with Crippen molar-refractivity contribution in [3.63, 3.8) is 0 Å². The zero-order chi connectivity index (χ0) is 31.1. The largest absolute Gasteiger partial charge is 0.496 e. The van der Waals surface area contributed by atoms with Gasteiger partial charge in [-0.1, -0.05) is 53.3 Å². The Hall–Kier alpha value is -4.93. The first kappa shape index (κ1) is 29.2. The number of esters is 1. The molecule has 0 bridgehead atoms. The van der Waals surface area contributed by atoms with E-state index < -0.39 is 18.0 Å². The average molecular weight is 629 g/mol. The number of carboxylic acid groups (broad SMARTS) is 1. The molecule has 1 aliphatic heterocycles. The number of benzene rings is 3. The molecule has 5 aromatic rings. The topological polar surface area (TPSA) is 120 Å². The second kappa shape index (κ2) is 11.6. The zero-order valence-corrected chi connectivity index (χ0v) is 25.4. The number of allylic oxidation sites excluding steroid dienone is 1. The number of aromatic carboxylic acids is 1. The molecule has 11 heteroatoms. The maximum absolute atomic E-state index is 14.1. The van der Waals surface area contributed by atoms with Gasteiger partial charge in [-0.25, -0.2) is 14.6 Å². The normalized spacial score (nSPS) is 14.8. The summed E-state index contributed by atoms with van der Waals surface area (Å²) in [4.78, 5) is 44.2. The number of fused-ring (bicyclic) bond motifs is 2. The highest BCUT2D eigenvalue weighted by Crippen LogP contribution is 2.40. The number of carboxylic acids is 1. The van der Waals surface area contributed by atoms with E-state index in [1.54, 1.807) is 45.2 Å². The van der Waals surface area contributed by atoms with Crippen LogP contribution in [-0.2, 0) is 9.53 Å². The van der Waals surface area contributed by atoms with Gasteiger partial charge in [0.1, 0.15) is 23.3 Å². The summed E-state index contributed by atoms with van der Waals surface area (Å²) in [6, 6.07) is 18.5. The number of aromatic nitrogens is 1. The van der Waals surface area contributed by atoms with E-state index in [2.05, 4.69) is 4.99 Å². The second-order valence-electron chi connectivity index (χ2n) is 9.91. The van der Waals surface area contributed by atoms with Crippen LogP contribution in [0.25, 0.3) is 28.2 Å². The molecule has 6 rings (SSSR count). The smallest absolute Gasteiger partial charge is 0.338 e. The fourth-order valence-electron chi connectivity index (χ4n) is 5.36. The molecule has 9 nitrogen and oxygen atoms in total. The highest BCUT2D eigenvalue weighted by molar-refractivity contribution is 7.07. The van der Waals surface area contributed by atoms with Gasteiger partial charge in [0.05, 0.1) is 40.1 Å². The molecule has 0 amide bonds. The van der Waals surface area contributed by atoms with Crippen molar-refractivity contribution in [1.29, 1.82) is 0 Å². The van der Waals surface area contributed by atoms with Crippen LogP contribution in [0.2, 0.25) is 5.02 Å². The van der Waals surface area contributed by atoms with Crippen LogP contribution >= 0.6 is 22.9 Å². The average Bonchev–Trinajstić information content (AvgIpc) is 3.60. The van der Waals surface area contributed by atoms with Crippen LogP contribution in [0.1, 0.15) is 41.6 Å². The number of halogens is 1. The molecule has 44 heavy (non-hydrogen) atoms. The Kier molecular flexibility index (Phi) is 7.71. The molecule has 0 unspecified atom stereocenters. The van der Waals surface area contributed by atoms with E-state index in [1.165, 1.54) is 16.7 Å². The Morgan fingerprint density at radius 1 is 1.14 bits per heavy atom. The van der Waals surface area contributed by atoms with Gasteiger partial charge >= 0.3 is 11.9 Å². The summed E-state index contributed by atoms with van der Waals surface area (Å²) in [7, 11) is 1.55. The number of carbonyl (C=O) groups excluding carboxylic acids is 1.